The first-order valence-corrected chi connectivity index (χ1v) is 17.0. The van der Waals surface area contributed by atoms with Crippen molar-refractivity contribution in [3.05, 3.63) is 77.3 Å². The van der Waals surface area contributed by atoms with Gasteiger partial charge in [-0.1, -0.05) is 62.7 Å². The quantitative estimate of drug-likeness (QED) is 0.139. The molecule has 16 heteroatoms. The molecule has 3 heterocycles. The fourth-order valence-electron chi connectivity index (χ4n) is 6.68. The van der Waals surface area contributed by atoms with Crippen molar-refractivity contribution < 1.29 is 27.5 Å². The topological polar surface area (TPSA) is 154 Å². The van der Waals surface area contributed by atoms with E-state index in [1.165, 1.54) is 11.2 Å². The maximum Gasteiger partial charge on any atom is 0.411 e. The summed E-state index contributed by atoms with van der Waals surface area (Å²) in [6, 6.07) is 11.6. The average molecular weight is 724 g/mol. The van der Waals surface area contributed by atoms with Gasteiger partial charge in [0.05, 0.1) is 23.3 Å². The zero-order valence-corrected chi connectivity index (χ0v) is 28.9. The molecule has 0 bridgehead atoms. The van der Waals surface area contributed by atoms with Gasteiger partial charge < -0.3 is 15.4 Å². The Hall–Kier alpha value is -4.92. The summed E-state index contributed by atoms with van der Waals surface area (Å²) < 4.78 is 48.3. The van der Waals surface area contributed by atoms with E-state index in [1.807, 2.05) is 67.4 Å². The Morgan fingerprint density at radius 2 is 1.86 bits per heavy atom. The highest BCUT2D eigenvalue weighted by Crippen LogP contribution is 2.49. The molecule has 2 aromatic heterocycles. The number of carbonyl (C=O) groups excluding carboxylic acids is 2. The van der Waals surface area contributed by atoms with Gasteiger partial charge in [0.25, 0.3) is 5.91 Å². The Morgan fingerprint density at radius 1 is 1.14 bits per heavy atom. The number of alkyl halides is 3. The van der Waals surface area contributed by atoms with Gasteiger partial charge in [-0.2, -0.15) is 23.4 Å². The van der Waals surface area contributed by atoms with Crippen molar-refractivity contribution in [3.8, 4) is 22.5 Å². The molecule has 4 aromatic rings. The number of rotatable bonds is 10. The number of guanidine groups is 1. The van der Waals surface area contributed by atoms with Crippen molar-refractivity contribution in [2.45, 2.75) is 82.2 Å². The number of ether oxygens (including phenoxy) is 1. The van der Waals surface area contributed by atoms with E-state index in [-0.39, 0.29) is 25.2 Å². The van der Waals surface area contributed by atoms with Crippen molar-refractivity contribution in [2.24, 2.45) is 5.41 Å². The van der Waals surface area contributed by atoms with Crippen LogP contribution in [-0.4, -0.2) is 66.1 Å². The zero-order chi connectivity index (χ0) is 36.3. The van der Waals surface area contributed by atoms with Gasteiger partial charge in [-0.05, 0) is 66.3 Å². The Labute approximate surface area is 296 Å². The molecule has 1 aliphatic heterocycles. The third-order valence-electron chi connectivity index (χ3n) is 9.55. The number of halogens is 4. The number of alkyl carbamates (subject to hydrolysis) is 1. The molecule has 4 N–H and O–H groups in total. The van der Waals surface area contributed by atoms with Gasteiger partial charge >= 0.3 is 12.3 Å². The van der Waals surface area contributed by atoms with Gasteiger partial charge in [-0.15, -0.1) is 0 Å². The molecule has 2 saturated carbocycles. The number of aromatic nitrogens is 5. The summed E-state index contributed by atoms with van der Waals surface area (Å²) >= 11 is 6.50. The molecule has 0 radical (unpaired) electrons. The van der Waals surface area contributed by atoms with Crippen molar-refractivity contribution in [3.63, 3.8) is 0 Å². The molecule has 0 spiro atoms. The number of aromatic amines is 1. The number of amides is 2. The van der Waals surface area contributed by atoms with Crippen LogP contribution in [0.15, 0.2) is 61.2 Å². The molecule has 2 atom stereocenters. The number of benzene rings is 2. The standard InChI is InChI=1S/C35H37ClF3N9O3/c1-32(2,3)18-34(23-7-4-20(5-8-23)22-15-43-47(16-22)24-9-10-24)29(49)48(30(40)44-34)27(17-51-31(50)45-33(12-13-33)35(37,38)39)21-6-11-26(36)25(14-21)28-41-19-42-46-28/h4-8,11,14-16,19,24,27H,9-10,12-13,17-18H2,1-3H3,(H2,40,44)(H,45,50)(H,41,42,46)/t27-,34-/m1/s1. The van der Waals surface area contributed by atoms with E-state index >= 15 is 0 Å². The van der Waals surface area contributed by atoms with Gasteiger partial charge in [-0.3, -0.25) is 24.9 Å². The van der Waals surface area contributed by atoms with E-state index in [9.17, 15) is 22.8 Å². The lowest BCUT2D eigenvalue weighted by Gasteiger charge is -2.35. The van der Waals surface area contributed by atoms with Crippen LogP contribution in [-0.2, 0) is 15.1 Å². The van der Waals surface area contributed by atoms with E-state index in [1.54, 1.807) is 18.2 Å². The van der Waals surface area contributed by atoms with Crippen molar-refractivity contribution >= 4 is 29.6 Å². The van der Waals surface area contributed by atoms with Crippen LogP contribution in [0.3, 0.4) is 0 Å². The van der Waals surface area contributed by atoms with Gasteiger partial charge in [0.15, 0.2) is 11.8 Å². The molecular weight excluding hydrogens is 687 g/mol. The molecule has 0 unspecified atom stereocenters. The molecular formula is C35H37ClF3N9O3. The summed E-state index contributed by atoms with van der Waals surface area (Å²) in [7, 11) is 0. The summed E-state index contributed by atoms with van der Waals surface area (Å²) in [4.78, 5) is 33.1. The normalized spacial score (nSPS) is 20.6. The number of nitrogens with zero attached hydrogens (tertiary/aromatic N) is 5. The largest absolute Gasteiger partial charge is 0.447 e. The Kier molecular flexibility index (Phi) is 8.39. The van der Waals surface area contributed by atoms with Gasteiger partial charge in [-0.25, -0.2) is 9.78 Å². The first kappa shape index (κ1) is 34.5. The molecule has 51 heavy (non-hydrogen) atoms. The predicted octanol–water partition coefficient (Wildman–Crippen LogP) is 6.88. The number of nitrogens with one attached hydrogen (secondary N) is 4. The lowest BCUT2D eigenvalue weighted by atomic mass is 9.75. The van der Waals surface area contributed by atoms with Gasteiger partial charge in [0.1, 0.15) is 24.0 Å². The molecule has 2 amide bonds. The second-order valence-electron chi connectivity index (χ2n) is 14.7. The van der Waals surface area contributed by atoms with Crippen LogP contribution >= 0.6 is 11.6 Å². The van der Waals surface area contributed by atoms with Crippen molar-refractivity contribution in [2.75, 3.05) is 6.61 Å². The SMILES string of the molecule is CC(C)(C)C[C@]1(c2ccc(-c3cnn(C4CC4)c3)cc2)NC(=N)N([C@H](COC(=O)NC2(C(F)(F)F)CC2)c2ccc(Cl)c(-c3ncn[nH]3)c2)C1=O. The number of hydrogen-bond acceptors (Lipinski definition) is 7. The van der Waals surface area contributed by atoms with Crippen LogP contribution in [0, 0.1) is 10.8 Å². The predicted molar refractivity (Wildman–Crippen MR) is 181 cm³/mol. The molecule has 3 aliphatic rings. The second kappa shape index (κ2) is 12.4. The van der Waals surface area contributed by atoms with Crippen LogP contribution in [0.5, 0.6) is 0 Å². The average Bonchev–Trinajstić information content (AvgIpc) is 3.93. The molecule has 12 nitrogen and oxygen atoms in total. The van der Waals surface area contributed by atoms with Crippen LogP contribution in [0.25, 0.3) is 22.5 Å². The smallest absolute Gasteiger partial charge is 0.411 e. The Balaban J connectivity index is 1.24. The third kappa shape index (κ3) is 6.66. The van der Waals surface area contributed by atoms with Crippen LogP contribution in [0.2, 0.25) is 5.02 Å². The highest BCUT2D eigenvalue weighted by molar-refractivity contribution is 6.33. The second-order valence-corrected chi connectivity index (χ2v) is 15.1. The minimum Gasteiger partial charge on any atom is -0.447 e. The maximum atomic E-state index is 14.9. The van der Waals surface area contributed by atoms with E-state index in [0.717, 1.165) is 24.0 Å². The minimum atomic E-state index is -4.65. The monoisotopic (exact) mass is 723 g/mol. The highest BCUT2D eigenvalue weighted by Gasteiger charge is 2.64. The first-order valence-electron chi connectivity index (χ1n) is 16.6. The summed E-state index contributed by atoms with van der Waals surface area (Å²) in [5.41, 5.74) is -0.872. The van der Waals surface area contributed by atoms with Crippen LogP contribution < -0.4 is 10.6 Å². The summed E-state index contributed by atoms with van der Waals surface area (Å²) in [5.74, 6) is -0.431. The van der Waals surface area contributed by atoms with Crippen LogP contribution in [0.1, 0.15) is 76.1 Å². The fourth-order valence-corrected chi connectivity index (χ4v) is 6.89. The number of hydrogen-bond donors (Lipinski definition) is 4. The maximum absolute atomic E-state index is 14.9. The van der Waals surface area contributed by atoms with Crippen molar-refractivity contribution in [1.82, 2.24) is 40.5 Å². The molecule has 1 saturated heterocycles. The van der Waals surface area contributed by atoms with E-state index in [0.29, 0.717) is 33.6 Å². The zero-order valence-electron chi connectivity index (χ0n) is 28.1. The Morgan fingerprint density at radius 3 is 2.47 bits per heavy atom. The van der Waals surface area contributed by atoms with E-state index in [4.69, 9.17) is 21.7 Å². The highest BCUT2D eigenvalue weighted by atomic mass is 35.5. The minimum absolute atomic E-state index is 0.261. The summed E-state index contributed by atoms with van der Waals surface area (Å²) in [5, 5.41) is 25.7. The Bertz CT molecular complexity index is 1970. The summed E-state index contributed by atoms with van der Waals surface area (Å²) in [6.07, 6.45) is 1.15. The van der Waals surface area contributed by atoms with Crippen molar-refractivity contribution in [1.29, 1.82) is 5.41 Å². The van der Waals surface area contributed by atoms with Gasteiger partial charge in [0, 0.05) is 17.3 Å². The third-order valence-corrected chi connectivity index (χ3v) is 9.88. The van der Waals surface area contributed by atoms with Crippen LogP contribution in [0.4, 0.5) is 18.0 Å². The number of carbonyl (C=O) groups is 2. The first-order chi connectivity index (χ1) is 24.1. The molecule has 2 aliphatic carbocycles. The van der Waals surface area contributed by atoms with E-state index < -0.39 is 47.3 Å². The van der Waals surface area contributed by atoms with E-state index in [2.05, 4.69) is 25.6 Å². The molecule has 2 aromatic carbocycles. The lowest BCUT2D eigenvalue weighted by molar-refractivity contribution is -0.164. The summed E-state index contributed by atoms with van der Waals surface area (Å²) in [6.45, 7) is 5.39. The molecule has 7 rings (SSSR count). The lowest BCUT2D eigenvalue weighted by Crippen LogP contribution is -2.49. The van der Waals surface area contributed by atoms with Gasteiger partial charge in [0.2, 0.25) is 0 Å². The molecule has 268 valence electrons. The molecule has 3 fully saturated rings. The fraction of sp³-hybridized carbons (Fsp3) is 0.429. The number of H-pyrrole nitrogens is 1.